The Balaban J connectivity index is 1.68. The second kappa shape index (κ2) is 3.18. The molecular weight excluding hydrogens is 230 g/mol. The SMILES string of the molecule is N#CC1(c2ccc3c(c2)OCO3)CC2(COC2)C1. The zero-order chi connectivity index (χ0) is 12.2. The van der Waals surface area contributed by atoms with Gasteiger partial charge in [0.2, 0.25) is 6.79 Å². The lowest BCUT2D eigenvalue weighted by Crippen LogP contribution is -2.59. The lowest BCUT2D eigenvalue weighted by Gasteiger charge is -2.57. The van der Waals surface area contributed by atoms with E-state index in [1.807, 2.05) is 18.2 Å². The zero-order valence-corrected chi connectivity index (χ0v) is 9.94. The van der Waals surface area contributed by atoms with Crippen LogP contribution in [-0.4, -0.2) is 20.0 Å². The molecule has 4 heteroatoms. The molecule has 2 aliphatic heterocycles. The molecule has 4 nitrogen and oxygen atoms in total. The first-order valence-electron chi connectivity index (χ1n) is 6.15. The molecule has 1 saturated carbocycles. The molecule has 0 N–H and O–H groups in total. The monoisotopic (exact) mass is 243 g/mol. The molecule has 0 radical (unpaired) electrons. The fraction of sp³-hybridized carbons (Fsp3) is 0.500. The predicted molar refractivity (Wildman–Crippen MR) is 62.3 cm³/mol. The molecule has 0 bridgehead atoms. The average molecular weight is 243 g/mol. The second-order valence-electron chi connectivity index (χ2n) is 5.61. The summed E-state index contributed by atoms with van der Waals surface area (Å²) in [6.07, 6.45) is 1.80. The number of rotatable bonds is 1. The lowest BCUT2D eigenvalue weighted by atomic mass is 9.50. The Labute approximate surface area is 105 Å². The Morgan fingerprint density at radius 3 is 2.56 bits per heavy atom. The Morgan fingerprint density at radius 2 is 1.89 bits per heavy atom. The van der Waals surface area contributed by atoms with E-state index < -0.39 is 0 Å². The van der Waals surface area contributed by atoms with Crippen molar-refractivity contribution >= 4 is 0 Å². The first-order chi connectivity index (χ1) is 8.75. The first kappa shape index (κ1) is 10.2. The number of nitrogens with zero attached hydrogens (tertiary/aromatic N) is 1. The van der Waals surface area contributed by atoms with E-state index in [0.717, 1.165) is 43.1 Å². The number of nitriles is 1. The van der Waals surface area contributed by atoms with Gasteiger partial charge in [0.1, 0.15) is 0 Å². The number of fused-ring (bicyclic) bond motifs is 1. The van der Waals surface area contributed by atoms with Crippen LogP contribution in [0, 0.1) is 16.7 Å². The molecule has 0 amide bonds. The molecule has 1 saturated heterocycles. The van der Waals surface area contributed by atoms with Crippen molar-refractivity contribution < 1.29 is 14.2 Å². The van der Waals surface area contributed by atoms with Crippen molar-refractivity contribution in [1.29, 1.82) is 5.26 Å². The summed E-state index contributed by atoms with van der Waals surface area (Å²) in [6, 6.07) is 8.34. The molecule has 2 fully saturated rings. The Kier molecular flexibility index (Phi) is 1.80. The van der Waals surface area contributed by atoms with Gasteiger partial charge >= 0.3 is 0 Å². The number of ether oxygens (including phenoxy) is 3. The van der Waals surface area contributed by atoms with Gasteiger partial charge in [0.05, 0.1) is 24.7 Å². The maximum Gasteiger partial charge on any atom is 0.231 e. The summed E-state index contributed by atoms with van der Waals surface area (Å²) in [5.41, 5.74) is 0.961. The minimum atomic E-state index is -0.356. The topological polar surface area (TPSA) is 51.5 Å². The fourth-order valence-corrected chi connectivity index (χ4v) is 3.37. The standard InChI is InChI=1S/C14H13NO3/c15-6-14(4-13(5-14)7-16-8-13)10-1-2-11-12(3-10)18-9-17-11/h1-3H,4-5,7-9H2. The third-order valence-electron chi connectivity index (χ3n) is 4.31. The third kappa shape index (κ3) is 1.17. The molecule has 3 aliphatic rings. The van der Waals surface area contributed by atoms with Crippen molar-refractivity contribution in [3.8, 4) is 17.6 Å². The maximum atomic E-state index is 9.53. The van der Waals surface area contributed by atoms with Crippen molar-refractivity contribution in [2.75, 3.05) is 20.0 Å². The Morgan fingerprint density at radius 1 is 1.11 bits per heavy atom. The zero-order valence-electron chi connectivity index (χ0n) is 9.94. The van der Waals surface area contributed by atoms with Gasteiger partial charge in [-0.1, -0.05) is 6.07 Å². The summed E-state index contributed by atoms with van der Waals surface area (Å²) in [5.74, 6) is 1.53. The van der Waals surface area contributed by atoms with E-state index in [0.29, 0.717) is 0 Å². The fourth-order valence-electron chi connectivity index (χ4n) is 3.37. The van der Waals surface area contributed by atoms with Crippen molar-refractivity contribution in [3.05, 3.63) is 23.8 Å². The van der Waals surface area contributed by atoms with Crippen molar-refractivity contribution in [2.45, 2.75) is 18.3 Å². The van der Waals surface area contributed by atoms with Crippen LogP contribution in [0.25, 0.3) is 0 Å². The van der Waals surface area contributed by atoms with Gasteiger partial charge in [-0.05, 0) is 30.5 Å². The van der Waals surface area contributed by atoms with E-state index in [1.165, 1.54) is 0 Å². The van der Waals surface area contributed by atoms with Gasteiger partial charge in [-0.2, -0.15) is 5.26 Å². The van der Waals surface area contributed by atoms with Crippen molar-refractivity contribution in [2.24, 2.45) is 5.41 Å². The van der Waals surface area contributed by atoms with Gasteiger partial charge in [-0.3, -0.25) is 0 Å². The van der Waals surface area contributed by atoms with Crippen LogP contribution in [0.15, 0.2) is 18.2 Å². The predicted octanol–water partition coefficient (Wildman–Crippen LogP) is 1.99. The minimum Gasteiger partial charge on any atom is -0.454 e. The van der Waals surface area contributed by atoms with Crippen molar-refractivity contribution in [1.82, 2.24) is 0 Å². The third-order valence-corrected chi connectivity index (χ3v) is 4.31. The lowest BCUT2D eigenvalue weighted by molar-refractivity contribution is -0.178. The molecule has 92 valence electrons. The molecule has 0 unspecified atom stereocenters. The quantitative estimate of drug-likeness (QED) is 0.756. The highest BCUT2D eigenvalue weighted by atomic mass is 16.7. The molecule has 0 aromatic heterocycles. The highest BCUT2D eigenvalue weighted by Gasteiger charge is 2.59. The summed E-state index contributed by atoms with van der Waals surface area (Å²) in [4.78, 5) is 0. The van der Waals surface area contributed by atoms with Gasteiger partial charge in [0, 0.05) is 5.41 Å². The Bertz CT molecular complexity index is 549. The van der Waals surface area contributed by atoms with Gasteiger partial charge in [-0.25, -0.2) is 0 Å². The number of benzene rings is 1. The van der Waals surface area contributed by atoms with Gasteiger partial charge in [-0.15, -0.1) is 0 Å². The number of hydrogen-bond acceptors (Lipinski definition) is 4. The molecule has 2 heterocycles. The van der Waals surface area contributed by atoms with E-state index in [2.05, 4.69) is 6.07 Å². The van der Waals surface area contributed by atoms with E-state index in [4.69, 9.17) is 14.2 Å². The number of hydrogen-bond donors (Lipinski definition) is 0. The summed E-state index contributed by atoms with van der Waals surface area (Å²) in [7, 11) is 0. The molecule has 1 aromatic carbocycles. The summed E-state index contributed by atoms with van der Waals surface area (Å²) in [5, 5.41) is 9.53. The molecular formula is C14H13NO3. The molecule has 1 spiro atoms. The molecule has 0 atom stereocenters. The summed E-state index contributed by atoms with van der Waals surface area (Å²) in [6.45, 7) is 1.89. The Hall–Kier alpha value is -1.73. The van der Waals surface area contributed by atoms with Crippen LogP contribution < -0.4 is 9.47 Å². The highest BCUT2D eigenvalue weighted by Crippen LogP contribution is 2.59. The van der Waals surface area contributed by atoms with Crippen LogP contribution in [0.5, 0.6) is 11.5 Å². The van der Waals surface area contributed by atoms with Gasteiger partial charge < -0.3 is 14.2 Å². The first-order valence-corrected chi connectivity index (χ1v) is 6.15. The molecule has 4 rings (SSSR count). The van der Waals surface area contributed by atoms with E-state index in [9.17, 15) is 5.26 Å². The van der Waals surface area contributed by atoms with Gasteiger partial charge in [0.15, 0.2) is 11.5 Å². The maximum absolute atomic E-state index is 9.53. The molecule has 18 heavy (non-hydrogen) atoms. The highest BCUT2D eigenvalue weighted by molar-refractivity contribution is 5.50. The van der Waals surface area contributed by atoms with Crippen LogP contribution in [0.3, 0.4) is 0 Å². The van der Waals surface area contributed by atoms with E-state index in [1.54, 1.807) is 0 Å². The minimum absolute atomic E-state index is 0.270. The molecule has 1 aromatic rings. The smallest absolute Gasteiger partial charge is 0.231 e. The van der Waals surface area contributed by atoms with Crippen LogP contribution in [0.4, 0.5) is 0 Å². The van der Waals surface area contributed by atoms with Crippen LogP contribution in [0.2, 0.25) is 0 Å². The van der Waals surface area contributed by atoms with Crippen LogP contribution >= 0.6 is 0 Å². The largest absolute Gasteiger partial charge is 0.454 e. The van der Waals surface area contributed by atoms with E-state index >= 15 is 0 Å². The average Bonchev–Trinajstić information content (AvgIpc) is 2.74. The van der Waals surface area contributed by atoms with Gasteiger partial charge in [0.25, 0.3) is 0 Å². The second-order valence-corrected chi connectivity index (χ2v) is 5.61. The molecule has 1 aliphatic carbocycles. The summed E-state index contributed by atoms with van der Waals surface area (Å²) < 4.78 is 16.0. The normalized spacial score (nSPS) is 25.1. The van der Waals surface area contributed by atoms with Crippen molar-refractivity contribution in [3.63, 3.8) is 0 Å². The van der Waals surface area contributed by atoms with Crippen LogP contribution in [0.1, 0.15) is 18.4 Å². The van der Waals surface area contributed by atoms with Crippen LogP contribution in [-0.2, 0) is 10.2 Å². The summed E-state index contributed by atoms with van der Waals surface area (Å²) >= 11 is 0. The van der Waals surface area contributed by atoms with E-state index in [-0.39, 0.29) is 17.6 Å².